The molecular formula is C15H23NO3S. The highest BCUT2D eigenvalue weighted by atomic mass is 32.2. The van der Waals surface area contributed by atoms with Crippen LogP contribution in [0.3, 0.4) is 0 Å². The Kier molecular flexibility index (Phi) is 5.86. The zero-order valence-electron chi connectivity index (χ0n) is 12.1. The van der Waals surface area contributed by atoms with Crippen LogP contribution in [-0.2, 0) is 20.1 Å². The van der Waals surface area contributed by atoms with Gasteiger partial charge in [0.15, 0.2) is 5.79 Å². The quantitative estimate of drug-likeness (QED) is 0.619. The number of hydrogen-bond donors (Lipinski definition) is 1. The predicted molar refractivity (Wildman–Crippen MR) is 80.9 cm³/mol. The Morgan fingerprint density at radius 1 is 1.15 bits per heavy atom. The fraction of sp³-hybridized carbons (Fsp3) is 0.600. The standard InChI is InChI=1S/C15H23NO3S/c1-3-15(4-2)18-13(14(19-15)11-17-20-16)10-12-8-6-5-7-9-12/h5-9,13-14H,3-4,10-11,16H2,1-2H3. The van der Waals surface area contributed by atoms with Gasteiger partial charge in [-0.2, -0.15) is 0 Å². The highest BCUT2D eigenvalue weighted by Gasteiger charge is 2.45. The van der Waals surface area contributed by atoms with Crippen molar-refractivity contribution in [2.75, 3.05) is 6.61 Å². The monoisotopic (exact) mass is 297 g/mol. The molecule has 1 fully saturated rings. The first-order chi connectivity index (χ1) is 9.73. The van der Waals surface area contributed by atoms with Crippen LogP contribution in [0.2, 0.25) is 0 Å². The minimum absolute atomic E-state index is 0.00412. The molecule has 4 nitrogen and oxygen atoms in total. The van der Waals surface area contributed by atoms with Gasteiger partial charge in [-0.25, -0.2) is 0 Å². The van der Waals surface area contributed by atoms with Gasteiger partial charge in [0.1, 0.15) is 6.10 Å². The Balaban J connectivity index is 2.07. The summed E-state index contributed by atoms with van der Waals surface area (Å²) in [5.41, 5.74) is 1.24. The molecule has 0 amide bonds. The van der Waals surface area contributed by atoms with Crippen molar-refractivity contribution in [3.05, 3.63) is 35.9 Å². The zero-order chi connectivity index (χ0) is 14.4. The molecule has 1 aliphatic rings. The summed E-state index contributed by atoms with van der Waals surface area (Å²) >= 11 is 0.877. The second-order valence-electron chi connectivity index (χ2n) is 5.00. The Morgan fingerprint density at radius 2 is 1.80 bits per heavy atom. The Hall–Kier alpha value is -0.590. The first-order valence-corrected chi connectivity index (χ1v) is 7.91. The molecular weight excluding hydrogens is 274 g/mol. The first kappa shape index (κ1) is 15.8. The number of benzene rings is 1. The van der Waals surface area contributed by atoms with Gasteiger partial charge >= 0.3 is 0 Å². The molecule has 0 radical (unpaired) electrons. The van der Waals surface area contributed by atoms with Crippen LogP contribution in [0, 0.1) is 0 Å². The van der Waals surface area contributed by atoms with Gasteiger partial charge in [-0.15, -0.1) is 0 Å². The van der Waals surface area contributed by atoms with Crippen molar-refractivity contribution in [3.8, 4) is 0 Å². The van der Waals surface area contributed by atoms with Crippen molar-refractivity contribution < 1.29 is 13.7 Å². The topological polar surface area (TPSA) is 53.7 Å². The summed E-state index contributed by atoms with van der Waals surface area (Å²) in [7, 11) is 0. The summed E-state index contributed by atoms with van der Waals surface area (Å²) in [6.07, 6.45) is 2.42. The second-order valence-corrected chi connectivity index (χ2v) is 5.43. The van der Waals surface area contributed by atoms with Crippen molar-refractivity contribution in [1.29, 1.82) is 0 Å². The molecule has 0 bridgehead atoms. The number of hydrogen-bond acceptors (Lipinski definition) is 5. The molecule has 1 aliphatic heterocycles. The molecule has 1 saturated heterocycles. The van der Waals surface area contributed by atoms with Gasteiger partial charge in [0.05, 0.1) is 24.9 Å². The highest BCUT2D eigenvalue weighted by molar-refractivity contribution is 7.92. The van der Waals surface area contributed by atoms with E-state index in [-0.39, 0.29) is 12.2 Å². The first-order valence-electron chi connectivity index (χ1n) is 7.11. The average molecular weight is 297 g/mol. The van der Waals surface area contributed by atoms with E-state index in [2.05, 4.69) is 26.0 Å². The molecule has 0 spiro atoms. The van der Waals surface area contributed by atoms with E-state index in [1.807, 2.05) is 18.2 Å². The molecule has 2 N–H and O–H groups in total. The Bertz CT molecular complexity index is 397. The minimum atomic E-state index is -0.479. The number of nitrogens with two attached hydrogens (primary N) is 1. The van der Waals surface area contributed by atoms with Crippen LogP contribution in [0.1, 0.15) is 32.3 Å². The summed E-state index contributed by atoms with van der Waals surface area (Å²) in [5.74, 6) is -0.479. The van der Waals surface area contributed by atoms with Crippen molar-refractivity contribution in [2.24, 2.45) is 5.14 Å². The maximum Gasteiger partial charge on any atom is 0.168 e. The molecule has 0 saturated carbocycles. The maximum absolute atomic E-state index is 6.21. The smallest absolute Gasteiger partial charge is 0.168 e. The molecule has 0 aliphatic carbocycles. The lowest BCUT2D eigenvalue weighted by Gasteiger charge is -2.25. The average Bonchev–Trinajstić information content (AvgIpc) is 2.85. The van der Waals surface area contributed by atoms with Gasteiger partial charge in [-0.1, -0.05) is 44.2 Å². The molecule has 2 rings (SSSR count). The van der Waals surface area contributed by atoms with E-state index in [9.17, 15) is 0 Å². The predicted octanol–water partition coefficient (Wildman–Crippen LogP) is 3.07. The van der Waals surface area contributed by atoms with Crippen molar-refractivity contribution in [3.63, 3.8) is 0 Å². The van der Waals surface area contributed by atoms with Gasteiger partial charge in [0, 0.05) is 6.42 Å². The summed E-state index contributed by atoms with van der Waals surface area (Å²) < 4.78 is 17.6. The summed E-state index contributed by atoms with van der Waals surface area (Å²) in [6.45, 7) is 4.62. The highest BCUT2D eigenvalue weighted by Crippen LogP contribution is 2.36. The zero-order valence-corrected chi connectivity index (χ0v) is 12.9. The number of ether oxygens (including phenoxy) is 2. The normalized spacial score (nSPS) is 24.9. The summed E-state index contributed by atoms with van der Waals surface area (Å²) in [5, 5.41) is 5.34. The van der Waals surface area contributed by atoms with Crippen LogP contribution in [-0.4, -0.2) is 24.6 Å². The maximum atomic E-state index is 6.21. The minimum Gasteiger partial charge on any atom is -0.344 e. The van der Waals surface area contributed by atoms with Gasteiger partial charge in [-0.05, 0) is 18.4 Å². The second kappa shape index (κ2) is 7.43. The van der Waals surface area contributed by atoms with Crippen LogP contribution in [0.25, 0.3) is 0 Å². The third kappa shape index (κ3) is 3.74. The van der Waals surface area contributed by atoms with Gasteiger partial charge in [0.25, 0.3) is 0 Å². The molecule has 2 unspecified atom stereocenters. The van der Waals surface area contributed by atoms with E-state index in [0.29, 0.717) is 6.61 Å². The molecule has 1 aromatic carbocycles. The molecule has 5 heteroatoms. The van der Waals surface area contributed by atoms with Gasteiger partial charge in [0.2, 0.25) is 0 Å². The summed E-state index contributed by atoms with van der Waals surface area (Å²) in [6, 6.07) is 10.3. The van der Waals surface area contributed by atoms with Crippen LogP contribution < -0.4 is 5.14 Å². The van der Waals surface area contributed by atoms with Gasteiger partial charge < -0.3 is 9.47 Å². The SMILES string of the molecule is CCC1(CC)OC(COSN)C(Cc2ccccc2)O1. The Morgan fingerprint density at radius 3 is 2.40 bits per heavy atom. The molecule has 0 aromatic heterocycles. The van der Waals surface area contributed by atoms with Crippen LogP contribution in [0.4, 0.5) is 0 Å². The lowest BCUT2D eigenvalue weighted by atomic mass is 10.0. The van der Waals surface area contributed by atoms with E-state index in [1.165, 1.54) is 5.56 Å². The van der Waals surface area contributed by atoms with E-state index in [0.717, 1.165) is 31.5 Å². The fourth-order valence-electron chi connectivity index (χ4n) is 2.58. The van der Waals surface area contributed by atoms with Crippen molar-refractivity contribution in [2.45, 2.75) is 51.1 Å². The third-order valence-corrected chi connectivity index (χ3v) is 4.08. The van der Waals surface area contributed by atoms with E-state index < -0.39 is 5.79 Å². The largest absolute Gasteiger partial charge is 0.344 e. The fourth-order valence-corrected chi connectivity index (χ4v) is 2.79. The Labute approximate surface area is 125 Å². The van der Waals surface area contributed by atoms with Crippen LogP contribution in [0.5, 0.6) is 0 Å². The van der Waals surface area contributed by atoms with E-state index in [4.69, 9.17) is 18.8 Å². The van der Waals surface area contributed by atoms with Gasteiger partial charge in [-0.3, -0.25) is 9.32 Å². The molecule has 2 atom stereocenters. The van der Waals surface area contributed by atoms with Crippen LogP contribution in [0.15, 0.2) is 30.3 Å². The molecule has 1 heterocycles. The molecule has 1 aromatic rings. The van der Waals surface area contributed by atoms with E-state index in [1.54, 1.807) is 0 Å². The molecule has 20 heavy (non-hydrogen) atoms. The lowest BCUT2D eigenvalue weighted by Crippen LogP contribution is -2.29. The van der Waals surface area contributed by atoms with E-state index >= 15 is 0 Å². The molecule has 112 valence electrons. The van der Waals surface area contributed by atoms with Crippen molar-refractivity contribution >= 4 is 12.2 Å². The third-order valence-electron chi connectivity index (χ3n) is 3.80. The summed E-state index contributed by atoms with van der Waals surface area (Å²) in [4.78, 5) is 0. The number of rotatable bonds is 7. The lowest BCUT2D eigenvalue weighted by molar-refractivity contribution is -0.180. The van der Waals surface area contributed by atoms with Crippen molar-refractivity contribution in [1.82, 2.24) is 0 Å². The van der Waals surface area contributed by atoms with Crippen LogP contribution >= 0.6 is 12.2 Å².